The summed E-state index contributed by atoms with van der Waals surface area (Å²) in [6.45, 7) is 1.86. The number of hydrogen-bond acceptors (Lipinski definition) is 5. The lowest BCUT2D eigenvalue weighted by molar-refractivity contribution is 0.414. The van der Waals surface area contributed by atoms with Crippen LogP contribution in [0.25, 0.3) is 10.9 Å². The molecule has 142 valence electrons. The Bertz CT molecular complexity index is 1180. The van der Waals surface area contributed by atoms with Crippen molar-refractivity contribution in [3.63, 3.8) is 0 Å². The molecule has 1 aromatic carbocycles. The van der Waals surface area contributed by atoms with Crippen LogP contribution < -0.4 is 10.1 Å². The topological polar surface area (TPSA) is 91.5 Å². The lowest BCUT2D eigenvalue weighted by atomic mass is 10.2. The maximum absolute atomic E-state index is 14.7. The molecular formula is C19H16ClFN6O. The maximum atomic E-state index is 14.7. The van der Waals surface area contributed by atoms with Crippen molar-refractivity contribution in [3.05, 3.63) is 52.7 Å². The van der Waals surface area contributed by atoms with Gasteiger partial charge in [0.15, 0.2) is 17.4 Å². The van der Waals surface area contributed by atoms with E-state index in [9.17, 15) is 4.39 Å². The second-order valence-electron chi connectivity index (χ2n) is 6.86. The average Bonchev–Trinajstić information content (AvgIpc) is 3.27. The quantitative estimate of drug-likeness (QED) is 0.402. The van der Waals surface area contributed by atoms with Crippen molar-refractivity contribution >= 4 is 34.1 Å². The number of halogens is 2. The second kappa shape index (κ2) is 6.49. The molecule has 7 nitrogen and oxygen atoms in total. The van der Waals surface area contributed by atoms with E-state index in [-0.39, 0.29) is 16.9 Å². The summed E-state index contributed by atoms with van der Waals surface area (Å²) in [6.07, 6.45) is 2.35. The number of benzene rings is 1. The molecule has 3 heterocycles. The minimum absolute atomic E-state index is 0.0236. The fourth-order valence-electron chi connectivity index (χ4n) is 3.11. The Morgan fingerprint density at radius 3 is 2.86 bits per heavy atom. The van der Waals surface area contributed by atoms with Gasteiger partial charge in [-0.25, -0.2) is 4.39 Å². The average molecular weight is 399 g/mol. The Hall–Kier alpha value is -3.13. The van der Waals surface area contributed by atoms with Gasteiger partial charge >= 0.3 is 6.01 Å². The van der Waals surface area contributed by atoms with Gasteiger partial charge in [-0.05, 0) is 38.0 Å². The third kappa shape index (κ3) is 3.27. The summed E-state index contributed by atoms with van der Waals surface area (Å²) in [5.41, 5.74) is 2.65. The number of aromatic amines is 2. The van der Waals surface area contributed by atoms with Crippen molar-refractivity contribution in [1.29, 1.82) is 0 Å². The molecule has 0 aliphatic heterocycles. The summed E-state index contributed by atoms with van der Waals surface area (Å²) in [7, 11) is 0. The van der Waals surface area contributed by atoms with Crippen LogP contribution in [0.1, 0.15) is 30.1 Å². The van der Waals surface area contributed by atoms with Crippen LogP contribution in [0.2, 0.25) is 5.15 Å². The van der Waals surface area contributed by atoms with E-state index in [4.69, 9.17) is 16.3 Å². The molecule has 28 heavy (non-hydrogen) atoms. The molecule has 4 aromatic rings. The number of fused-ring (bicyclic) bond motifs is 1. The van der Waals surface area contributed by atoms with Gasteiger partial charge in [0.2, 0.25) is 0 Å². The van der Waals surface area contributed by atoms with Gasteiger partial charge in [-0.15, -0.1) is 0 Å². The molecule has 1 aliphatic rings. The van der Waals surface area contributed by atoms with E-state index in [0.29, 0.717) is 28.5 Å². The predicted molar refractivity (Wildman–Crippen MR) is 104 cm³/mol. The van der Waals surface area contributed by atoms with E-state index >= 15 is 0 Å². The zero-order valence-corrected chi connectivity index (χ0v) is 15.6. The van der Waals surface area contributed by atoms with E-state index in [1.165, 1.54) is 18.9 Å². The first-order valence-corrected chi connectivity index (χ1v) is 9.25. The molecule has 0 spiro atoms. The Balaban J connectivity index is 1.41. The van der Waals surface area contributed by atoms with Crippen LogP contribution in [-0.2, 0) is 0 Å². The summed E-state index contributed by atoms with van der Waals surface area (Å²) in [6, 6.07) is 8.43. The Morgan fingerprint density at radius 2 is 2.04 bits per heavy atom. The number of anilines is 2. The van der Waals surface area contributed by atoms with Crippen LogP contribution >= 0.6 is 11.6 Å². The first-order chi connectivity index (χ1) is 13.5. The third-order valence-electron chi connectivity index (χ3n) is 4.58. The van der Waals surface area contributed by atoms with E-state index in [1.54, 1.807) is 18.2 Å². The Morgan fingerprint density at radius 1 is 1.18 bits per heavy atom. The van der Waals surface area contributed by atoms with Gasteiger partial charge < -0.3 is 15.0 Å². The largest absolute Gasteiger partial charge is 0.421 e. The Kier molecular flexibility index (Phi) is 3.94. The normalized spacial score (nSPS) is 13.8. The van der Waals surface area contributed by atoms with Gasteiger partial charge in [-0.2, -0.15) is 15.1 Å². The molecule has 3 N–H and O–H groups in total. The van der Waals surface area contributed by atoms with E-state index in [2.05, 4.69) is 30.5 Å². The lowest BCUT2D eigenvalue weighted by Gasteiger charge is -2.08. The molecule has 0 radical (unpaired) electrons. The SMILES string of the molecule is Cc1cc2c(F)c(Oc3nc(Cl)cc(Nc4cc(C5CC5)[nH]n4)n3)ccc2[nH]1. The summed E-state index contributed by atoms with van der Waals surface area (Å²) >= 11 is 6.09. The molecule has 1 saturated carbocycles. The Labute approximate surface area is 164 Å². The van der Waals surface area contributed by atoms with Crippen LogP contribution in [-0.4, -0.2) is 25.1 Å². The van der Waals surface area contributed by atoms with Gasteiger partial charge in [0.25, 0.3) is 0 Å². The van der Waals surface area contributed by atoms with Crippen LogP contribution in [0.5, 0.6) is 11.8 Å². The number of hydrogen-bond donors (Lipinski definition) is 3. The van der Waals surface area contributed by atoms with Gasteiger partial charge in [0.05, 0.1) is 0 Å². The summed E-state index contributed by atoms with van der Waals surface area (Å²) in [5, 5.41) is 10.9. The van der Waals surface area contributed by atoms with Gasteiger partial charge in [-0.1, -0.05) is 11.6 Å². The highest BCUT2D eigenvalue weighted by molar-refractivity contribution is 6.29. The molecule has 0 atom stereocenters. The molecule has 5 rings (SSSR count). The number of H-pyrrole nitrogens is 2. The lowest BCUT2D eigenvalue weighted by Crippen LogP contribution is -1.99. The van der Waals surface area contributed by atoms with E-state index < -0.39 is 5.82 Å². The van der Waals surface area contributed by atoms with Crippen molar-refractivity contribution in [1.82, 2.24) is 25.1 Å². The number of nitrogens with one attached hydrogen (secondary N) is 3. The standard InChI is InChI=1S/C19H16ClFN6O/c1-9-6-11-12(22-9)4-5-14(18(11)21)28-19-23-15(20)8-16(25-19)24-17-7-13(26-27-17)10-2-3-10/h4-8,10,22H,2-3H2,1H3,(H2,23,24,25,26,27). The third-order valence-corrected chi connectivity index (χ3v) is 4.78. The molecular weight excluding hydrogens is 383 g/mol. The fourth-order valence-corrected chi connectivity index (χ4v) is 3.28. The van der Waals surface area contributed by atoms with Gasteiger partial charge in [-0.3, -0.25) is 5.10 Å². The van der Waals surface area contributed by atoms with Crippen molar-refractivity contribution in [2.45, 2.75) is 25.7 Å². The van der Waals surface area contributed by atoms with Crippen molar-refractivity contribution in [2.24, 2.45) is 0 Å². The van der Waals surface area contributed by atoms with Gasteiger partial charge in [0, 0.05) is 40.3 Å². The molecule has 0 bridgehead atoms. The van der Waals surface area contributed by atoms with E-state index in [1.807, 2.05) is 13.0 Å². The number of ether oxygens (including phenoxy) is 1. The molecule has 1 fully saturated rings. The molecule has 0 amide bonds. The number of aryl methyl sites for hydroxylation is 1. The van der Waals surface area contributed by atoms with Crippen LogP contribution in [0.15, 0.2) is 30.3 Å². The van der Waals surface area contributed by atoms with Crippen LogP contribution in [0.3, 0.4) is 0 Å². The highest BCUT2D eigenvalue weighted by Crippen LogP contribution is 2.39. The molecule has 1 aliphatic carbocycles. The zero-order valence-electron chi connectivity index (χ0n) is 14.9. The molecule has 3 aromatic heterocycles. The number of nitrogens with zero attached hydrogens (tertiary/aromatic N) is 3. The maximum Gasteiger partial charge on any atom is 0.325 e. The molecule has 0 saturated heterocycles. The summed E-state index contributed by atoms with van der Waals surface area (Å²) < 4.78 is 20.3. The zero-order chi connectivity index (χ0) is 19.3. The van der Waals surface area contributed by atoms with Crippen LogP contribution in [0.4, 0.5) is 16.0 Å². The number of rotatable bonds is 5. The summed E-state index contributed by atoms with van der Waals surface area (Å²) in [5.74, 6) is 1.13. The fraction of sp³-hybridized carbons (Fsp3) is 0.211. The van der Waals surface area contributed by atoms with Crippen molar-refractivity contribution in [3.8, 4) is 11.8 Å². The van der Waals surface area contributed by atoms with Crippen molar-refractivity contribution in [2.75, 3.05) is 5.32 Å². The van der Waals surface area contributed by atoms with Gasteiger partial charge in [0.1, 0.15) is 11.0 Å². The first kappa shape index (κ1) is 17.0. The summed E-state index contributed by atoms with van der Waals surface area (Å²) in [4.78, 5) is 11.4. The molecule has 0 unspecified atom stereocenters. The second-order valence-corrected chi connectivity index (χ2v) is 7.25. The minimum Gasteiger partial charge on any atom is -0.421 e. The highest BCUT2D eigenvalue weighted by Gasteiger charge is 2.25. The molecule has 9 heteroatoms. The van der Waals surface area contributed by atoms with E-state index in [0.717, 1.165) is 11.4 Å². The first-order valence-electron chi connectivity index (χ1n) is 8.88. The predicted octanol–water partition coefficient (Wildman–Crippen LogP) is 5.20. The number of aromatic nitrogens is 5. The minimum atomic E-state index is -0.485. The van der Waals surface area contributed by atoms with Crippen LogP contribution in [0, 0.1) is 12.7 Å². The highest BCUT2D eigenvalue weighted by atomic mass is 35.5. The monoisotopic (exact) mass is 398 g/mol. The smallest absolute Gasteiger partial charge is 0.325 e. The van der Waals surface area contributed by atoms with Crippen molar-refractivity contribution < 1.29 is 9.13 Å².